The summed E-state index contributed by atoms with van der Waals surface area (Å²) < 4.78 is 0. The minimum atomic E-state index is -0.414. The third kappa shape index (κ3) is 3.13. The number of hydrogen-bond donors (Lipinski definition) is 0. The summed E-state index contributed by atoms with van der Waals surface area (Å²) in [4.78, 5) is 25.0. The summed E-state index contributed by atoms with van der Waals surface area (Å²) in [5.74, 6) is 0.855. The van der Waals surface area contributed by atoms with Crippen molar-refractivity contribution in [3.05, 3.63) is 39.9 Å². The average Bonchev–Trinajstić information content (AvgIpc) is 2.54. The van der Waals surface area contributed by atoms with Crippen LogP contribution in [-0.2, 0) is 11.2 Å². The Labute approximate surface area is 130 Å². The lowest BCUT2D eigenvalue weighted by Gasteiger charge is -2.44. The zero-order chi connectivity index (χ0) is 15.5. The van der Waals surface area contributed by atoms with Gasteiger partial charge in [0.25, 0.3) is 5.69 Å². The molecule has 1 aliphatic heterocycles. The third-order valence-electron chi connectivity index (χ3n) is 5.07. The van der Waals surface area contributed by atoms with Gasteiger partial charge in [-0.25, -0.2) is 0 Å². The SMILES string of the molecule is O=C(Cc1ccc([N+](=O)[O-])cc1)N1CCCC2CCCCC21. The third-order valence-corrected chi connectivity index (χ3v) is 5.07. The van der Waals surface area contributed by atoms with E-state index in [-0.39, 0.29) is 11.6 Å². The Bertz CT molecular complexity index is 554. The van der Waals surface area contributed by atoms with Crippen LogP contribution in [0.5, 0.6) is 0 Å². The van der Waals surface area contributed by atoms with Crippen molar-refractivity contribution in [3.63, 3.8) is 0 Å². The second-order valence-corrected chi connectivity index (χ2v) is 6.44. The number of piperidine rings is 1. The molecule has 1 heterocycles. The molecule has 22 heavy (non-hydrogen) atoms. The maximum absolute atomic E-state index is 12.6. The molecule has 2 fully saturated rings. The fourth-order valence-corrected chi connectivity index (χ4v) is 3.95. The second-order valence-electron chi connectivity index (χ2n) is 6.44. The summed E-state index contributed by atoms with van der Waals surface area (Å²) in [6.07, 6.45) is 7.62. The Kier molecular flexibility index (Phi) is 4.41. The van der Waals surface area contributed by atoms with Crippen molar-refractivity contribution in [2.24, 2.45) is 5.92 Å². The highest BCUT2D eigenvalue weighted by Gasteiger charge is 2.35. The number of nitro benzene ring substituents is 1. The molecule has 0 spiro atoms. The van der Waals surface area contributed by atoms with Gasteiger partial charge in [0.2, 0.25) is 5.91 Å². The molecule has 0 radical (unpaired) electrons. The first-order valence-corrected chi connectivity index (χ1v) is 8.18. The molecule has 118 valence electrons. The number of nitrogens with zero attached hydrogens (tertiary/aromatic N) is 2. The van der Waals surface area contributed by atoms with Crippen molar-refractivity contribution < 1.29 is 9.72 Å². The number of non-ortho nitro benzene ring substituents is 1. The standard InChI is InChI=1S/C17H22N2O3/c20-17(12-13-7-9-15(10-8-13)19(21)22)18-11-3-5-14-4-1-2-6-16(14)18/h7-10,14,16H,1-6,11-12H2. The molecular weight excluding hydrogens is 280 g/mol. The van der Waals surface area contributed by atoms with Gasteiger partial charge in [-0.15, -0.1) is 0 Å². The second kappa shape index (κ2) is 6.46. The molecule has 1 amide bonds. The molecule has 1 aromatic carbocycles. The molecule has 1 aliphatic carbocycles. The molecule has 5 heteroatoms. The predicted molar refractivity (Wildman–Crippen MR) is 83.5 cm³/mol. The van der Waals surface area contributed by atoms with Crippen molar-refractivity contribution in [2.45, 2.75) is 51.0 Å². The van der Waals surface area contributed by atoms with Gasteiger partial charge in [0.15, 0.2) is 0 Å². The summed E-state index contributed by atoms with van der Waals surface area (Å²) in [6, 6.07) is 6.76. The highest BCUT2D eigenvalue weighted by atomic mass is 16.6. The fraction of sp³-hybridized carbons (Fsp3) is 0.588. The maximum Gasteiger partial charge on any atom is 0.269 e. The lowest BCUT2D eigenvalue weighted by atomic mass is 9.78. The van der Waals surface area contributed by atoms with E-state index in [9.17, 15) is 14.9 Å². The number of likely N-dealkylation sites (tertiary alicyclic amines) is 1. The van der Waals surface area contributed by atoms with E-state index in [1.165, 1.54) is 37.8 Å². The molecule has 0 N–H and O–H groups in total. The van der Waals surface area contributed by atoms with E-state index in [0.29, 0.717) is 18.4 Å². The van der Waals surface area contributed by atoms with E-state index in [0.717, 1.165) is 24.9 Å². The van der Waals surface area contributed by atoms with Crippen LogP contribution in [-0.4, -0.2) is 28.3 Å². The fourth-order valence-electron chi connectivity index (χ4n) is 3.95. The van der Waals surface area contributed by atoms with Gasteiger partial charge in [-0.2, -0.15) is 0 Å². The summed E-state index contributed by atoms with van der Waals surface area (Å²) in [5, 5.41) is 10.7. The molecule has 2 atom stereocenters. The predicted octanol–water partition coefficient (Wildman–Crippen LogP) is 3.32. The summed E-state index contributed by atoms with van der Waals surface area (Å²) in [5.41, 5.74) is 0.926. The lowest BCUT2D eigenvalue weighted by molar-refractivity contribution is -0.384. The zero-order valence-corrected chi connectivity index (χ0v) is 12.7. The molecule has 5 nitrogen and oxygen atoms in total. The number of rotatable bonds is 3. The van der Waals surface area contributed by atoms with Gasteiger partial charge in [0, 0.05) is 24.7 Å². The van der Waals surface area contributed by atoms with E-state index in [2.05, 4.69) is 4.90 Å². The van der Waals surface area contributed by atoms with Crippen LogP contribution in [0.25, 0.3) is 0 Å². The van der Waals surface area contributed by atoms with Crippen LogP contribution in [0.4, 0.5) is 5.69 Å². The number of carbonyl (C=O) groups is 1. The maximum atomic E-state index is 12.6. The monoisotopic (exact) mass is 302 g/mol. The summed E-state index contributed by atoms with van der Waals surface area (Å²) in [7, 11) is 0. The molecule has 0 bridgehead atoms. The minimum Gasteiger partial charge on any atom is -0.339 e. The minimum absolute atomic E-state index is 0.0708. The molecule has 1 saturated heterocycles. The first-order valence-electron chi connectivity index (χ1n) is 8.18. The van der Waals surface area contributed by atoms with Gasteiger partial charge in [0.1, 0.15) is 0 Å². The van der Waals surface area contributed by atoms with Crippen molar-refractivity contribution >= 4 is 11.6 Å². The van der Waals surface area contributed by atoms with Crippen LogP contribution < -0.4 is 0 Å². The molecular formula is C17H22N2O3. The van der Waals surface area contributed by atoms with Crippen LogP contribution in [0, 0.1) is 16.0 Å². The first kappa shape index (κ1) is 15.0. The van der Waals surface area contributed by atoms with Crippen LogP contribution in [0.2, 0.25) is 0 Å². The largest absolute Gasteiger partial charge is 0.339 e. The Morgan fingerprint density at radius 2 is 1.82 bits per heavy atom. The Morgan fingerprint density at radius 3 is 2.55 bits per heavy atom. The van der Waals surface area contributed by atoms with Crippen molar-refractivity contribution in [1.82, 2.24) is 4.90 Å². The van der Waals surface area contributed by atoms with E-state index in [1.807, 2.05) is 0 Å². The van der Waals surface area contributed by atoms with E-state index in [1.54, 1.807) is 12.1 Å². The van der Waals surface area contributed by atoms with Crippen LogP contribution in [0.1, 0.15) is 44.1 Å². The van der Waals surface area contributed by atoms with Gasteiger partial charge in [-0.3, -0.25) is 14.9 Å². The van der Waals surface area contributed by atoms with Gasteiger partial charge >= 0.3 is 0 Å². The van der Waals surface area contributed by atoms with Crippen LogP contribution >= 0.6 is 0 Å². The topological polar surface area (TPSA) is 63.4 Å². The van der Waals surface area contributed by atoms with Crippen molar-refractivity contribution in [2.75, 3.05) is 6.54 Å². The van der Waals surface area contributed by atoms with Gasteiger partial charge < -0.3 is 4.90 Å². The van der Waals surface area contributed by atoms with E-state index >= 15 is 0 Å². The van der Waals surface area contributed by atoms with Crippen LogP contribution in [0.15, 0.2) is 24.3 Å². The highest BCUT2D eigenvalue weighted by molar-refractivity contribution is 5.79. The number of amides is 1. The van der Waals surface area contributed by atoms with E-state index in [4.69, 9.17) is 0 Å². The smallest absolute Gasteiger partial charge is 0.269 e. The number of carbonyl (C=O) groups excluding carboxylic acids is 1. The molecule has 1 aromatic rings. The van der Waals surface area contributed by atoms with Crippen molar-refractivity contribution in [1.29, 1.82) is 0 Å². The molecule has 2 unspecified atom stereocenters. The van der Waals surface area contributed by atoms with Crippen molar-refractivity contribution in [3.8, 4) is 0 Å². The summed E-state index contributed by atoms with van der Waals surface area (Å²) >= 11 is 0. The number of nitro groups is 1. The summed E-state index contributed by atoms with van der Waals surface area (Å²) in [6.45, 7) is 0.868. The Hall–Kier alpha value is -1.91. The normalized spacial score (nSPS) is 24.6. The highest BCUT2D eigenvalue weighted by Crippen LogP contribution is 2.35. The van der Waals surface area contributed by atoms with Gasteiger partial charge in [-0.05, 0) is 37.2 Å². The molecule has 0 aromatic heterocycles. The average molecular weight is 302 g/mol. The Balaban J connectivity index is 1.66. The molecule has 1 saturated carbocycles. The van der Waals surface area contributed by atoms with Gasteiger partial charge in [-0.1, -0.05) is 25.0 Å². The molecule has 2 aliphatic rings. The number of hydrogen-bond acceptors (Lipinski definition) is 3. The number of fused-ring (bicyclic) bond motifs is 1. The van der Waals surface area contributed by atoms with Gasteiger partial charge in [0.05, 0.1) is 11.3 Å². The number of benzene rings is 1. The van der Waals surface area contributed by atoms with E-state index < -0.39 is 4.92 Å². The first-order chi connectivity index (χ1) is 10.6. The quantitative estimate of drug-likeness (QED) is 0.635. The Morgan fingerprint density at radius 1 is 1.14 bits per heavy atom. The van der Waals surface area contributed by atoms with Crippen LogP contribution in [0.3, 0.4) is 0 Å². The zero-order valence-electron chi connectivity index (χ0n) is 12.7. The molecule has 3 rings (SSSR count). The lowest BCUT2D eigenvalue weighted by Crippen LogP contribution is -2.50.